The minimum Gasteiger partial charge on any atom is -0.478 e. The summed E-state index contributed by atoms with van der Waals surface area (Å²) in [6.07, 6.45) is -0.270. The van der Waals surface area contributed by atoms with Crippen molar-refractivity contribution in [3.05, 3.63) is 70.5 Å². The summed E-state index contributed by atoms with van der Waals surface area (Å²) < 4.78 is 19.1. The van der Waals surface area contributed by atoms with Crippen LogP contribution in [0.4, 0.5) is 9.18 Å². The number of hydrogen-bond acceptors (Lipinski definition) is 3. The molecule has 124 valence electrons. The number of ether oxygens (including phenoxy) is 1. The van der Waals surface area contributed by atoms with Gasteiger partial charge < -0.3 is 14.7 Å². The van der Waals surface area contributed by atoms with Crippen molar-refractivity contribution >= 4 is 12.1 Å². The summed E-state index contributed by atoms with van der Waals surface area (Å²) in [7, 11) is 0. The van der Waals surface area contributed by atoms with Gasteiger partial charge in [0.2, 0.25) is 0 Å². The highest BCUT2D eigenvalue weighted by Crippen LogP contribution is 2.26. The average Bonchev–Trinajstić information content (AvgIpc) is 2.60. The van der Waals surface area contributed by atoms with E-state index in [0.717, 1.165) is 11.6 Å². The lowest BCUT2D eigenvalue weighted by atomic mass is 9.94. The Kier molecular flexibility index (Phi) is 4.46. The molecular formula is C18H16FNO4. The van der Waals surface area contributed by atoms with Crippen molar-refractivity contribution in [1.29, 1.82) is 0 Å². The van der Waals surface area contributed by atoms with Crippen LogP contribution >= 0.6 is 0 Å². The molecule has 24 heavy (non-hydrogen) atoms. The summed E-state index contributed by atoms with van der Waals surface area (Å²) >= 11 is 0. The van der Waals surface area contributed by atoms with Gasteiger partial charge >= 0.3 is 12.1 Å². The van der Waals surface area contributed by atoms with Crippen LogP contribution < -0.4 is 0 Å². The first-order chi connectivity index (χ1) is 11.6. The number of carbonyl (C=O) groups excluding carboxylic acids is 1. The van der Waals surface area contributed by atoms with E-state index in [0.29, 0.717) is 17.7 Å². The Bertz CT molecular complexity index is 776. The lowest BCUT2D eigenvalue weighted by Crippen LogP contribution is -2.37. The number of benzene rings is 2. The van der Waals surface area contributed by atoms with Crippen molar-refractivity contribution in [3.8, 4) is 0 Å². The van der Waals surface area contributed by atoms with Crippen LogP contribution in [0.3, 0.4) is 0 Å². The maximum Gasteiger partial charge on any atom is 0.410 e. The second-order valence-corrected chi connectivity index (χ2v) is 5.57. The standard InChI is InChI=1S/C18H16FNO4/c19-16-7-6-14(17(21)22)15-10-20(9-8-13(15)16)18(23)24-11-12-4-2-1-3-5-12/h1-7H,8-11H2,(H,21,22). The lowest BCUT2D eigenvalue weighted by Gasteiger charge is -2.29. The quantitative estimate of drug-likeness (QED) is 0.939. The molecular weight excluding hydrogens is 313 g/mol. The first kappa shape index (κ1) is 16.0. The Morgan fingerprint density at radius 2 is 1.88 bits per heavy atom. The average molecular weight is 329 g/mol. The van der Waals surface area contributed by atoms with Gasteiger partial charge in [-0.25, -0.2) is 14.0 Å². The van der Waals surface area contributed by atoms with E-state index in [1.54, 1.807) is 0 Å². The third kappa shape index (κ3) is 3.22. The Labute approximate surface area is 138 Å². The van der Waals surface area contributed by atoms with E-state index in [4.69, 9.17) is 4.74 Å². The normalized spacial score (nSPS) is 13.3. The van der Waals surface area contributed by atoms with Crippen LogP contribution in [0, 0.1) is 5.82 Å². The zero-order valence-electron chi connectivity index (χ0n) is 12.9. The summed E-state index contributed by atoms with van der Waals surface area (Å²) in [6, 6.07) is 11.6. The maximum atomic E-state index is 13.9. The Morgan fingerprint density at radius 1 is 1.12 bits per heavy atom. The van der Waals surface area contributed by atoms with Gasteiger partial charge in [0.25, 0.3) is 0 Å². The van der Waals surface area contributed by atoms with Gasteiger partial charge in [0.15, 0.2) is 0 Å². The summed E-state index contributed by atoms with van der Waals surface area (Å²) in [5, 5.41) is 9.25. The summed E-state index contributed by atoms with van der Waals surface area (Å²) in [5.41, 5.74) is 1.58. The van der Waals surface area contributed by atoms with E-state index in [-0.39, 0.29) is 25.1 Å². The number of fused-ring (bicyclic) bond motifs is 1. The van der Waals surface area contributed by atoms with Crippen molar-refractivity contribution in [2.45, 2.75) is 19.6 Å². The Hall–Kier alpha value is -2.89. The van der Waals surface area contributed by atoms with Gasteiger partial charge in [-0.2, -0.15) is 0 Å². The van der Waals surface area contributed by atoms with Gasteiger partial charge in [-0.15, -0.1) is 0 Å². The largest absolute Gasteiger partial charge is 0.478 e. The highest BCUT2D eigenvalue weighted by Gasteiger charge is 2.27. The van der Waals surface area contributed by atoms with E-state index in [1.165, 1.54) is 11.0 Å². The van der Waals surface area contributed by atoms with Crippen LogP contribution in [0.15, 0.2) is 42.5 Å². The monoisotopic (exact) mass is 329 g/mol. The molecule has 1 N–H and O–H groups in total. The molecule has 5 nitrogen and oxygen atoms in total. The minimum absolute atomic E-state index is 0.0203. The van der Waals surface area contributed by atoms with Gasteiger partial charge in [-0.3, -0.25) is 0 Å². The molecule has 0 bridgehead atoms. The predicted octanol–water partition coefficient (Wildman–Crippen LogP) is 3.22. The zero-order chi connectivity index (χ0) is 17.1. The number of nitrogens with zero attached hydrogens (tertiary/aromatic N) is 1. The molecule has 0 fully saturated rings. The molecule has 3 rings (SSSR count). The molecule has 1 aliphatic heterocycles. The van der Waals surface area contributed by atoms with Crippen molar-refractivity contribution in [2.75, 3.05) is 6.54 Å². The molecule has 1 amide bonds. The number of carbonyl (C=O) groups is 2. The molecule has 2 aromatic carbocycles. The molecule has 2 aromatic rings. The second-order valence-electron chi connectivity index (χ2n) is 5.57. The molecule has 0 aromatic heterocycles. The summed E-state index contributed by atoms with van der Waals surface area (Å²) in [6.45, 7) is 0.459. The number of halogens is 1. The SMILES string of the molecule is O=C(O)c1ccc(F)c2c1CN(C(=O)OCc1ccccc1)CC2. The van der Waals surface area contributed by atoms with Crippen molar-refractivity contribution in [1.82, 2.24) is 4.90 Å². The summed E-state index contributed by atoms with van der Waals surface area (Å²) in [5.74, 6) is -1.57. The van der Waals surface area contributed by atoms with Gasteiger partial charge in [0.05, 0.1) is 12.1 Å². The number of amides is 1. The molecule has 0 aliphatic carbocycles. The number of rotatable bonds is 3. The maximum absolute atomic E-state index is 13.9. The van der Waals surface area contributed by atoms with Crippen molar-refractivity contribution in [3.63, 3.8) is 0 Å². The second kappa shape index (κ2) is 6.70. The predicted molar refractivity (Wildman–Crippen MR) is 84.1 cm³/mol. The lowest BCUT2D eigenvalue weighted by molar-refractivity contribution is 0.0688. The van der Waals surface area contributed by atoms with Gasteiger partial charge in [0.1, 0.15) is 12.4 Å². The molecule has 0 unspecified atom stereocenters. The number of aromatic carboxylic acids is 1. The molecule has 0 saturated heterocycles. The van der Waals surface area contributed by atoms with Crippen molar-refractivity contribution in [2.24, 2.45) is 0 Å². The Balaban J connectivity index is 1.73. The van der Waals surface area contributed by atoms with E-state index in [2.05, 4.69) is 0 Å². The van der Waals surface area contributed by atoms with Crippen LogP contribution in [0.1, 0.15) is 27.0 Å². The van der Waals surface area contributed by atoms with Crippen molar-refractivity contribution < 1.29 is 23.8 Å². The highest BCUT2D eigenvalue weighted by atomic mass is 19.1. The molecule has 0 spiro atoms. The van der Waals surface area contributed by atoms with Crippen LogP contribution in [-0.2, 0) is 24.3 Å². The van der Waals surface area contributed by atoms with E-state index in [9.17, 15) is 19.1 Å². The number of hydrogen-bond donors (Lipinski definition) is 1. The Morgan fingerprint density at radius 3 is 2.58 bits per heavy atom. The zero-order valence-corrected chi connectivity index (χ0v) is 12.9. The van der Waals surface area contributed by atoms with Crippen LogP contribution in [-0.4, -0.2) is 28.6 Å². The topological polar surface area (TPSA) is 66.8 Å². The third-order valence-corrected chi connectivity index (χ3v) is 4.05. The molecule has 0 saturated carbocycles. The fourth-order valence-electron chi connectivity index (χ4n) is 2.80. The fraction of sp³-hybridized carbons (Fsp3) is 0.222. The third-order valence-electron chi connectivity index (χ3n) is 4.05. The fourth-order valence-corrected chi connectivity index (χ4v) is 2.80. The molecule has 1 heterocycles. The van der Waals surface area contributed by atoms with E-state index in [1.807, 2.05) is 30.3 Å². The van der Waals surface area contributed by atoms with Crippen LogP contribution in [0.25, 0.3) is 0 Å². The number of carboxylic acid groups (broad SMARTS) is 1. The molecule has 6 heteroatoms. The van der Waals surface area contributed by atoms with Gasteiger partial charge in [-0.05, 0) is 35.2 Å². The molecule has 0 atom stereocenters. The summed E-state index contributed by atoms with van der Waals surface area (Å²) in [4.78, 5) is 24.9. The highest BCUT2D eigenvalue weighted by molar-refractivity contribution is 5.90. The first-order valence-corrected chi connectivity index (χ1v) is 7.55. The number of carboxylic acids is 1. The van der Waals surface area contributed by atoms with Crippen LogP contribution in [0.2, 0.25) is 0 Å². The first-order valence-electron chi connectivity index (χ1n) is 7.55. The van der Waals surface area contributed by atoms with Gasteiger partial charge in [0, 0.05) is 6.54 Å². The van der Waals surface area contributed by atoms with E-state index >= 15 is 0 Å². The molecule has 1 aliphatic rings. The van der Waals surface area contributed by atoms with Crippen LogP contribution in [0.5, 0.6) is 0 Å². The van der Waals surface area contributed by atoms with Gasteiger partial charge in [-0.1, -0.05) is 30.3 Å². The smallest absolute Gasteiger partial charge is 0.410 e. The van der Waals surface area contributed by atoms with E-state index < -0.39 is 17.9 Å². The minimum atomic E-state index is -1.13. The molecule has 0 radical (unpaired) electrons.